The highest BCUT2D eigenvalue weighted by Crippen LogP contribution is 2.17. The molecule has 1 aromatic carbocycles. The third-order valence-electron chi connectivity index (χ3n) is 2.04. The van der Waals surface area contributed by atoms with Gasteiger partial charge in [-0.05, 0) is 12.1 Å². The van der Waals surface area contributed by atoms with E-state index in [9.17, 15) is 9.59 Å². The normalized spacial score (nSPS) is 16.1. The smallest absolute Gasteiger partial charge is 0.257 e. The third-order valence-corrected chi connectivity index (χ3v) is 2.04. The van der Waals surface area contributed by atoms with Crippen molar-refractivity contribution < 1.29 is 9.59 Å². The molecule has 70 valence electrons. The molecule has 0 saturated heterocycles. The Labute approximate surface area is 81.6 Å². The largest absolute Gasteiger partial charge is 0.274 e. The molecule has 0 N–H and O–H groups in total. The molecule has 1 heterocycles. The van der Waals surface area contributed by atoms with E-state index in [2.05, 4.69) is 0 Å². The Morgan fingerprint density at radius 2 is 1.79 bits per heavy atom. The number of hydrogen-bond acceptors (Lipinski definition) is 2. The summed E-state index contributed by atoms with van der Waals surface area (Å²) in [5.74, 6) is -0.448. The van der Waals surface area contributed by atoms with Crippen LogP contribution in [0.2, 0.25) is 0 Å². The van der Waals surface area contributed by atoms with Crippen molar-refractivity contribution in [1.82, 2.24) is 0 Å². The van der Waals surface area contributed by atoms with E-state index in [0.29, 0.717) is 12.1 Å². The molecule has 0 aromatic heterocycles. The lowest BCUT2D eigenvalue weighted by Crippen LogP contribution is -2.37. The zero-order valence-electron chi connectivity index (χ0n) is 7.51. The second-order valence-electron chi connectivity index (χ2n) is 3.01. The average molecular weight is 187 g/mol. The van der Waals surface area contributed by atoms with Gasteiger partial charge in [-0.1, -0.05) is 24.3 Å². The number of benzene rings is 1. The molecule has 1 aliphatic rings. The molecule has 3 heteroatoms. The summed E-state index contributed by atoms with van der Waals surface area (Å²) in [7, 11) is 0. The van der Waals surface area contributed by atoms with Crippen LogP contribution in [-0.4, -0.2) is 11.8 Å². The molecule has 0 radical (unpaired) electrons. The number of carbonyl (C=O) groups excluding carboxylic acids is 2. The number of rotatable bonds is 1. The summed E-state index contributed by atoms with van der Waals surface area (Å²) in [6.07, 6.45) is 3.30. The minimum absolute atomic E-state index is 0.177. The first-order valence-electron chi connectivity index (χ1n) is 4.37. The number of hydrogen-bond donors (Lipinski definition) is 0. The van der Waals surface area contributed by atoms with E-state index in [1.807, 2.05) is 6.07 Å². The fourth-order valence-electron chi connectivity index (χ4n) is 1.40. The summed E-state index contributed by atoms with van der Waals surface area (Å²) in [5.41, 5.74) is 0.631. The molecule has 3 nitrogen and oxygen atoms in total. The van der Waals surface area contributed by atoms with Gasteiger partial charge in [-0.2, -0.15) is 0 Å². The SMILES string of the molecule is O=C1C=CCC(=O)N1c1ccccc1. The van der Waals surface area contributed by atoms with Gasteiger partial charge in [0.05, 0.1) is 5.69 Å². The zero-order valence-corrected chi connectivity index (χ0v) is 7.51. The predicted molar refractivity (Wildman–Crippen MR) is 52.7 cm³/mol. The monoisotopic (exact) mass is 187 g/mol. The fourth-order valence-corrected chi connectivity index (χ4v) is 1.40. The van der Waals surface area contributed by atoms with Crippen molar-refractivity contribution in [2.45, 2.75) is 6.42 Å². The van der Waals surface area contributed by atoms with Crippen LogP contribution in [0.1, 0.15) is 6.42 Å². The van der Waals surface area contributed by atoms with Crippen LogP contribution in [0, 0.1) is 0 Å². The van der Waals surface area contributed by atoms with Gasteiger partial charge in [-0.3, -0.25) is 9.59 Å². The maximum atomic E-state index is 11.5. The fraction of sp³-hybridized carbons (Fsp3) is 0.0909. The Hall–Kier alpha value is -1.90. The predicted octanol–water partition coefficient (Wildman–Crippen LogP) is 1.51. The molecule has 0 fully saturated rings. The molecule has 0 bridgehead atoms. The van der Waals surface area contributed by atoms with E-state index in [4.69, 9.17) is 0 Å². The summed E-state index contributed by atoms with van der Waals surface area (Å²) in [5, 5.41) is 0. The first-order valence-corrected chi connectivity index (χ1v) is 4.37. The summed E-state index contributed by atoms with van der Waals surface area (Å²) < 4.78 is 0. The standard InChI is InChI=1S/C11H9NO2/c13-10-7-4-8-11(14)12(10)9-5-2-1-3-6-9/h1-7H,8H2. The first kappa shape index (κ1) is 8.69. The van der Waals surface area contributed by atoms with E-state index in [-0.39, 0.29) is 11.8 Å². The topological polar surface area (TPSA) is 37.4 Å². The van der Waals surface area contributed by atoms with Crippen LogP contribution in [0.5, 0.6) is 0 Å². The first-order chi connectivity index (χ1) is 6.79. The van der Waals surface area contributed by atoms with Gasteiger partial charge in [-0.15, -0.1) is 0 Å². The van der Waals surface area contributed by atoms with Gasteiger partial charge in [-0.25, -0.2) is 4.90 Å². The maximum absolute atomic E-state index is 11.5. The Morgan fingerprint density at radius 1 is 1.07 bits per heavy atom. The number of anilines is 1. The molecule has 14 heavy (non-hydrogen) atoms. The highest BCUT2D eigenvalue weighted by molar-refractivity contribution is 6.20. The van der Waals surface area contributed by atoms with Gasteiger partial charge >= 0.3 is 0 Å². The molecule has 0 unspecified atom stereocenters. The van der Waals surface area contributed by atoms with Crippen LogP contribution < -0.4 is 4.90 Å². The van der Waals surface area contributed by atoms with Crippen molar-refractivity contribution in [3.8, 4) is 0 Å². The van der Waals surface area contributed by atoms with Gasteiger partial charge in [0.15, 0.2) is 0 Å². The molecule has 0 saturated carbocycles. The molecule has 1 aromatic rings. The van der Waals surface area contributed by atoms with E-state index >= 15 is 0 Å². The molecule has 0 spiro atoms. The van der Waals surface area contributed by atoms with Crippen molar-refractivity contribution in [2.75, 3.05) is 4.90 Å². The number of nitrogens with zero attached hydrogens (tertiary/aromatic N) is 1. The minimum atomic E-state index is -0.271. The van der Waals surface area contributed by atoms with E-state index < -0.39 is 0 Å². The molecule has 1 aliphatic heterocycles. The van der Waals surface area contributed by atoms with Crippen molar-refractivity contribution in [3.63, 3.8) is 0 Å². The summed E-state index contributed by atoms with van der Waals surface area (Å²) in [4.78, 5) is 24.1. The Morgan fingerprint density at radius 3 is 2.43 bits per heavy atom. The second-order valence-corrected chi connectivity index (χ2v) is 3.01. The number of imide groups is 1. The Kier molecular flexibility index (Phi) is 2.14. The van der Waals surface area contributed by atoms with Crippen molar-refractivity contribution in [3.05, 3.63) is 42.5 Å². The van der Waals surface area contributed by atoms with E-state index in [1.54, 1.807) is 30.3 Å². The lowest BCUT2D eigenvalue weighted by Gasteiger charge is -2.21. The second kappa shape index (κ2) is 3.46. The number of amides is 2. The highest BCUT2D eigenvalue weighted by atomic mass is 16.2. The van der Waals surface area contributed by atoms with Crippen LogP contribution in [0.25, 0.3) is 0 Å². The Bertz CT molecular complexity index is 395. The molecule has 0 aliphatic carbocycles. The van der Waals surface area contributed by atoms with Crippen LogP contribution in [-0.2, 0) is 9.59 Å². The summed E-state index contributed by atoms with van der Waals surface area (Å²) in [6.45, 7) is 0. The van der Waals surface area contributed by atoms with Gasteiger partial charge in [0, 0.05) is 12.5 Å². The van der Waals surface area contributed by atoms with Crippen molar-refractivity contribution in [2.24, 2.45) is 0 Å². The lowest BCUT2D eigenvalue weighted by atomic mass is 10.2. The summed E-state index contributed by atoms with van der Waals surface area (Å²) >= 11 is 0. The van der Waals surface area contributed by atoms with Gasteiger partial charge in [0.25, 0.3) is 5.91 Å². The molecule has 2 rings (SSSR count). The number of carbonyl (C=O) groups is 2. The number of para-hydroxylation sites is 1. The molecular weight excluding hydrogens is 178 g/mol. The van der Waals surface area contributed by atoms with Crippen LogP contribution in [0.3, 0.4) is 0 Å². The van der Waals surface area contributed by atoms with Gasteiger partial charge in [0.1, 0.15) is 0 Å². The third kappa shape index (κ3) is 1.44. The van der Waals surface area contributed by atoms with E-state index in [0.717, 1.165) is 0 Å². The minimum Gasteiger partial charge on any atom is -0.274 e. The molecular formula is C11H9NO2. The van der Waals surface area contributed by atoms with E-state index in [1.165, 1.54) is 11.0 Å². The van der Waals surface area contributed by atoms with Crippen LogP contribution in [0.15, 0.2) is 42.5 Å². The Balaban J connectivity index is 2.38. The van der Waals surface area contributed by atoms with Gasteiger partial charge < -0.3 is 0 Å². The lowest BCUT2D eigenvalue weighted by molar-refractivity contribution is -0.124. The quantitative estimate of drug-likeness (QED) is 0.625. The highest BCUT2D eigenvalue weighted by Gasteiger charge is 2.23. The van der Waals surface area contributed by atoms with Crippen molar-refractivity contribution >= 4 is 17.5 Å². The zero-order chi connectivity index (χ0) is 9.97. The average Bonchev–Trinajstić information content (AvgIpc) is 2.19. The van der Waals surface area contributed by atoms with Gasteiger partial charge in [0.2, 0.25) is 5.91 Å². The molecule has 2 amide bonds. The molecule has 0 atom stereocenters. The summed E-state index contributed by atoms with van der Waals surface area (Å²) in [6, 6.07) is 8.94. The maximum Gasteiger partial charge on any atom is 0.257 e. The van der Waals surface area contributed by atoms with Crippen LogP contribution in [0.4, 0.5) is 5.69 Å². The van der Waals surface area contributed by atoms with Crippen molar-refractivity contribution in [1.29, 1.82) is 0 Å². The van der Waals surface area contributed by atoms with Crippen LogP contribution >= 0.6 is 0 Å².